The smallest absolute Gasteiger partial charge is 0.344 e. The summed E-state index contributed by atoms with van der Waals surface area (Å²) >= 11 is 0. The molecule has 5 heteroatoms. The number of benzene rings is 1. The molecule has 2 rings (SSSR count). The molecule has 22 heavy (non-hydrogen) atoms. The van der Waals surface area contributed by atoms with Gasteiger partial charge in [0.15, 0.2) is 6.10 Å². The predicted molar refractivity (Wildman–Crippen MR) is 83.5 cm³/mol. The third-order valence-corrected chi connectivity index (χ3v) is 3.53. The van der Waals surface area contributed by atoms with Gasteiger partial charge in [0.1, 0.15) is 11.3 Å². The average Bonchev–Trinajstić information content (AvgIpc) is 2.42. The summed E-state index contributed by atoms with van der Waals surface area (Å²) in [5.41, 5.74) is 1.65. The molecule has 0 saturated carbocycles. The summed E-state index contributed by atoms with van der Waals surface area (Å²) < 4.78 is 10.7. The first-order valence-electron chi connectivity index (χ1n) is 7.25. The summed E-state index contributed by atoms with van der Waals surface area (Å²) in [5, 5.41) is 9.71. The minimum absolute atomic E-state index is 0.345. The Bertz CT molecular complexity index is 757. The molecule has 0 unspecified atom stereocenters. The van der Waals surface area contributed by atoms with Crippen LogP contribution in [0.1, 0.15) is 31.9 Å². The van der Waals surface area contributed by atoms with Crippen LogP contribution >= 0.6 is 0 Å². The molecule has 0 amide bonds. The van der Waals surface area contributed by atoms with Crippen LogP contribution in [0, 0.1) is 12.8 Å². The number of carboxylic acid groups (broad SMARTS) is 1. The number of aryl methyl sites for hydroxylation is 1. The Kier molecular flexibility index (Phi) is 4.54. The Hall–Kier alpha value is -2.30. The molecular weight excluding hydrogens is 284 g/mol. The van der Waals surface area contributed by atoms with Crippen LogP contribution in [-0.4, -0.2) is 17.2 Å². The first-order valence-corrected chi connectivity index (χ1v) is 7.25. The summed E-state index contributed by atoms with van der Waals surface area (Å²) in [4.78, 5) is 23.0. The van der Waals surface area contributed by atoms with Crippen molar-refractivity contribution in [3.8, 4) is 5.75 Å². The summed E-state index contributed by atoms with van der Waals surface area (Å²) in [6, 6.07) is 5.04. The van der Waals surface area contributed by atoms with Crippen LogP contribution in [0.3, 0.4) is 0 Å². The number of carboxylic acids is 1. The molecule has 0 fully saturated rings. The van der Waals surface area contributed by atoms with Crippen molar-refractivity contribution in [3.05, 3.63) is 39.7 Å². The van der Waals surface area contributed by atoms with Crippen LogP contribution in [0.2, 0.25) is 0 Å². The van der Waals surface area contributed by atoms with Crippen molar-refractivity contribution in [1.29, 1.82) is 0 Å². The van der Waals surface area contributed by atoms with Gasteiger partial charge in [0.05, 0.1) is 0 Å². The molecule has 0 radical (unpaired) electrons. The van der Waals surface area contributed by atoms with Crippen LogP contribution in [0.4, 0.5) is 0 Å². The van der Waals surface area contributed by atoms with E-state index in [-0.39, 0.29) is 5.63 Å². The third kappa shape index (κ3) is 3.30. The summed E-state index contributed by atoms with van der Waals surface area (Å²) in [7, 11) is 0. The predicted octanol–water partition coefficient (Wildman–Crippen LogP) is 3.15. The second-order valence-corrected chi connectivity index (χ2v) is 5.85. The molecule has 0 saturated heterocycles. The zero-order valence-electron chi connectivity index (χ0n) is 13.2. The molecule has 0 spiro atoms. The van der Waals surface area contributed by atoms with Crippen molar-refractivity contribution in [2.24, 2.45) is 5.92 Å². The molecule has 1 N–H and O–H groups in total. The summed E-state index contributed by atoms with van der Waals surface area (Å²) in [6.07, 6.45) is -0.302. The number of carbonyl (C=O) groups is 1. The third-order valence-electron chi connectivity index (χ3n) is 3.53. The molecular formula is C17H20O5. The van der Waals surface area contributed by atoms with Gasteiger partial charge in [-0.3, -0.25) is 0 Å². The standard InChI is InChI=1S/C17H20O5/c1-9(2)7-14-10(3)13-6-5-12(21-11(4)16(18)19)8-15(13)22-17(14)20/h5-6,8-9,11H,7H2,1-4H3,(H,18,19)/t11-/m1/s1. The van der Waals surface area contributed by atoms with E-state index in [9.17, 15) is 9.59 Å². The van der Waals surface area contributed by atoms with Gasteiger partial charge in [0.25, 0.3) is 0 Å². The SMILES string of the molecule is Cc1c(CC(C)C)c(=O)oc2cc(O[C@H](C)C(=O)O)ccc12. The molecule has 2 aromatic rings. The summed E-state index contributed by atoms with van der Waals surface area (Å²) in [6.45, 7) is 7.44. The Morgan fingerprint density at radius 3 is 2.59 bits per heavy atom. The van der Waals surface area contributed by atoms with Crippen molar-refractivity contribution in [2.45, 2.75) is 40.2 Å². The number of rotatable bonds is 5. The lowest BCUT2D eigenvalue weighted by Crippen LogP contribution is -2.22. The van der Waals surface area contributed by atoms with Crippen molar-refractivity contribution < 1.29 is 19.1 Å². The second-order valence-electron chi connectivity index (χ2n) is 5.85. The number of hydrogen-bond donors (Lipinski definition) is 1. The van der Waals surface area contributed by atoms with Crippen LogP contribution < -0.4 is 10.4 Å². The minimum atomic E-state index is -1.05. The van der Waals surface area contributed by atoms with Crippen LogP contribution in [0.15, 0.2) is 27.4 Å². The van der Waals surface area contributed by atoms with Gasteiger partial charge in [-0.25, -0.2) is 9.59 Å². The fraction of sp³-hybridized carbons (Fsp3) is 0.412. The van der Waals surface area contributed by atoms with E-state index in [2.05, 4.69) is 0 Å². The van der Waals surface area contributed by atoms with Gasteiger partial charge in [-0.1, -0.05) is 13.8 Å². The van der Waals surface area contributed by atoms with Gasteiger partial charge >= 0.3 is 11.6 Å². The maximum Gasteiger partial charge on any atom is 0.344 e. The zero-order valence-corrected chi connectivity index (χ0v) is 13.2. The van der Waals surface area contributed by atoms with E-state index < -0.39 is 12.1 Å². The fourth-order valence-electron chi connectivity index (χ4n) is 2.35. The molecule has 1 atom stereocenters. The monoisotopic (exact) mass is 304 g/mol. The van der Waals surface area contributed by atoms with Gasteiger partial charge < -0.3 is 14.3 Å². The van der Waals surface area contributed by atoms with Crippen LogP contribution in [0.25, 0.3) is 11.0 Å². The lowest BCUT2D eigenvalue weighted by atomic mass is 9.98. The molecule has 5 nitrogen and oxygen atoms in total. The van der Waals surface area contributed by atoms with Gasteiger partial charge in [-0.05, 0) is 43.9 Å². The molecule has 0 aliphatic heterocycles. The molecule has 1 aromatic carbocycles. The maximum atomic E-state index is 12.1. The first-order chi connectivity index (χ1) is 10.3. The van der Waals surface area contributed by atoms with E-state index in [1.54, 1.807) is 18.2 Å². The Morgan fingerprint density at radius 1 is 1.32 bits per heavy atom. The highest BCUT2D eigenvalue weighted by Gasteiger charge is 2.15. The Balaban J connectivity index is 2.47. The van der Waals surface area contributed by atoms with E-state index in [4.69, 9.17) is 14.3 Å². The average molecular weight is 304 g/mol. The number of ether oxygens (including phenoxy) is 1. The maximum absolute atomic E-state index is 12.1. The molecule has 1 aromatic heterocycles. The highest BCUT2D eigenvalue weighted by molar-refractivity contribution is 5.82. The van der Waals surface area contributed by atoms with Crippen molar-refractivity contribution >= 4 is 16.9 Å². The first kappa shape index (κ1) is 16.1. The van der Waals surface area contributed by atoms with E-state index in [0.717, 1.165) is 10.9 Å². The van der Waals surface area contributed by atoms with Gasteiger partial charge in [0.2, 0.25) is 0 Å². The largest absolute Gasteiger partial charge is 0.479 e. The van der Waals surface area contributed by atoms with Crippen LogP contribution in [0.5, 0.6) is 5.75 Å². The van der Waals surface area contributed by atoms with Crippen molar-refractivity contribution in [2.75, 3.05) is 0 Å². The fourth-order valence-corrected chi connectivity index (χ4v) is 2.35. The Labute approximate surface area is 128 Å². The molecule has 0 aliphatic rings. The number of hydrogen-bond acceptors (Lipinski definition) is 4. The number of fused-ring (bicyclic) bond motifs is 1. The van der Waals surface area contributed by atoms with E-state index >= 15 is 0 Å². The molecule has 1 heterocycles. The van der Waals surface area contributed by atoms with Gasteiger partial charge in [0, 0.05) is 17.0 Å². The van der Waals surface area contributed by atoms with Gasteiger partial charge in [-0.2, -0.15) is 0 Å². The van der Waals surface area contributed by atoms with Crippen LogP contribution in [-0.2, 0) is 11.2 Å². The van der Waals surface area contributed by atoms with Gasteiger partial charge in [-0.15, -0.1) is 0 Å². The highest BCUT2D eigenvalue weighted by atomic mass is 16.5. The summed E-state index contributed by atoms with van der Waals surface area (Å²) in [5.74, 6) is -0.329. The molecule has 0 aliphatic carbocycles. The van der Waals surface area contributed by atoms with E-state index in [1.165, 1.54) is 6.92 Å². The van der Waals surface area contributed by atoms with Crippen molar-refractivity contribution in [1.82, 2.24) is 0 Å². The normalized spacial score (nSPS) is 12.6. The minimum Gasteiger partial charge on any atom is -0.479 e. The van der Waals surface area contributed by atoms with E-state index in [0.29, 0.717) is 29.2 Å². The van der Waals surface area contributed by atoms with E-state index in [1.807, 2.05) is 20.8 Å². The lowest BCUT2D eigenvalue weighted by Gasteiger charge is -2.13. The highest BCUT2D eigenvalue weighted by Crippen LogP contribution is 2.25. The quantitative estimate of drug-likeness (QED) is 0.859. The topological polar surface area (TPSA) is 76.7 Å². The Morgan fingerprint density at radius 2 is 2.00 bits per heavy atom. The molecule has 0 bridgehead atoms. The number of aliphatic carboxylic acids is 1. The second kappa shape index (κ2) is 6.22. The lowest BCUT2D eigenvalue weighted by molar-refractivity contribution is -0.144. The zero-order chi connectivity index (χ0) is 16.4. The van der Waals surface area contributed by atoms with Crippen molar-refractivity contribution in [3.63, 3.8) is 0 Å². The molecule has 118 valence electrons.